The summed E-state index contributed by atoms with van der Waals surface area (Å²) in [4.78, 5) is 16.6. The maximum atomic E-state index is 13.8. The van der Waals surface area contributed by atoms with Crippen molar-refractivity contribution < 1.29 is 26.7 Å². The third kappa shape index (κ3) is 3.62. The Bertz CT molecular complexity index is 1140. The van der Waals surface area contributed by atoms with Gasteiger partial charge in [0.15, 0.2) is 11.6 Å². The van der Waals surface area contributed by atoms with Crippen molar-refractivity contribution in [2.24, 2.45) is 0 Å². The van der Waals surface area contributed by atoms with Gasteiger partial charge in [0.1, 0.15) is 14.6 Å². The average molecular weight is 412 g/mol. The number of nitrogens with one attached hydrogen (secondary N) is 1. The zero-order valence-electron chi connectivity index (χ0n) is 14.2. The number of ether oxygens (including phenoxy) is 1. The zero-order valence-corrected chi connectivity index (χ0v) is 15.9. The summed E-state index contributed by atoms with van der Waals surface area (Å²) < 4.78 is 59.1. The molecule has 0 atom stereocenters. The highest BCUT2D eigenvalue weighted by molar-refractivity contribution is 7.92. The van der Waals surface area contributed by atoms with E-state index in [1.165, 1.54) is 12.1 Å². The van der Waals surface area contributed by atoms with Crippen LogP contribution in [0, 0.1) is 18.6 Å². The van der Waals surface area contributed by atoms with Gasteiger partial charge >= 0.3 is 5.97 Å². The van der Waals surface area contributed by atoms with Crippen LogP contribution < -0.4 is 4.72 Å². The van der Waals surface area contributed by atoms with Crippen molar-refractivity contribution in [3.8, 4) is 0 Å². The first-order chi connectivity index (χ1) is 12.7. The molecule has 142 valence electrons. The van der Waals surface area contributed by atoms with Gasteiger partial charge in [-0.2, -0.15) is 0 Å². The first-order valence-corrected chi connectivity index (χ1v) is 10.1. The van der Waals surface area contributed by atoms with Crippen molar-refractivity contribution in [2.45, 2.75) is 18.7 Å². The molecule has 0 spiro atoms. The van der Waals surface area contributed by atoms with E-state index < -0.39 is 33.3 Å². The highest BCUT2D eigenvalue weighted by Gasteiger charge is 2.22. The molecule has 0 aliphatic rings. The molecule has 0 unspecified atom stereocenters. The number of carbonyl (C=O) groups is 1. The molecule has 10 heteroatoms. The summed E-state index contributed by atoms with van der Waals surface area (Å²) in [6, 6.07) is 4.51. The fourth-order valence-corrected chi connectivity index (χ4v) is 4.46. The second-order valence-corrected chi connectivity index (χ2v) is 8.19. The first kappa shape index (κ1) is 19.2. The number of pyridine rings is 1. The van der Waals surface area contributed by atoms with E-state index in [1.54, 1.807) is 13.8 Å². The monoisotopic (exact) mass is 412 g/mol. The van der Waals surface area contributed by atoms with E-state index in [1.807, 2.05) is 4.72 Å². The molecule has 0 saturated heterocycles. The highest BCUT2D eigenvalue weighted by atomic mass is 32.2. The first-order valence-electron chi connectivity index (χ1n) is 7.77. The van der Waals surface area contributed by atoms with Crippen LogP contribution in [0.5, 0.6) is 0 Å². The molecule has 0 saturated carbocycles. The predicted molar refractivity (Wildman–Crippen MR) is 97.5 cm³/mol. The van der Waals surface area contributed by atoms with E-state index in [0.29, 0.717) is 20.7 Å². The van der Waals surface area contributed by atoms with Gasteiger partial charge in [0.05, 0.1) is 12.3 Å². The zero-order chi connectivity index (χ0) is 19.8. The third-order valence-electron chi connectivity index (χ3n) is 3.74. The minimum absolute atomic E-state index is 0.211. The van der Waals surface area contributed by atoms with E-state index in [4.69, 9.17) is 4.74 Å². The van der Waals surface area contributed by atoms with Crippen LogP contribution in [0.4, 0.5) is 14.5 Å². The Morgan fingerprint density at radius 1 is 1.33 bits per heavy atom. The van der Waals surface area contributed by atoms with Gasteiger partial charge in [-0.05, 0) is 37.6 Å². The van der Waals surface area contributed by atoms with Gasteiger partial charge in [0.2, 0.25) is 0 Å². The summed E-state index contributed by atoms with van der Waals surface area (Å²) in [7, 11) is -4.21. The second kappa shape index (κ2) is 7.20. The number of aryl methyl sites for hydroxylation is 1. The van der Waals surface area contributed by atoms with Crippen molar-refractivity contribution >= 4 is 43.2 Å². The van der Waals surface area contributed by atoms with E-state index in [-0.39, 0.29) is 11.5 Å². The number of rotatable bonds is 5. The molecule has 0 fully saturated rings. The van der Waals surface area contributed by atoms with Crippen molar-refractivity contribution in [1.82, 2.24) is 4.98 Å². The van der Waals surface area contributed by atoms with Crippen molar-refractivity contribution in [2.75, 3.05) is 11.3 Å². The summed E-state index contributed by atoms with van der Waals surface area (Å²) in [6.07, 6.45) is 1.09. The van der Waals surface area contributed by atoms with Crippen LogP contribution in [0.25, 0.3) is 10.2 Å². The number of anilines is 1. The lowest BCUT2D eigenvalue weighted by atomic mass is 10.2. The van der Waals surface area contributed by atoms with Crippen LogP contribution in [0.1, 0.15) is 22.2 Å². The largest absolute Gasteiger partial charge is 0.462 e. The molecule has 2 aromatic heterocycles. The Morgan fingerprint density at radius 3 is 2.78 bits per heavy atom. The normalized spacial score (nSPS) is 11.6. The number of carbonyl (C=O) groups excluding carboxylic acids is 1. The molecule has 0 bridgehead atoms. The average Bonchev–Trinajstić information content (AvgIpc) is 2.95. The van der Waals surface area contributed by atoms with Gasteiger partial charge in [-0.1, -0.05) is 6.07 Å². The van der Waals surface area contributed by atoms with Crippen LogP contribution >= 0.6 is 11.3 Å². The molecule has 0 aliphatic heterocycles. The molecule has 2 heterocycles. The minimum Gasteiger partial charge on any atom is -0.462 e. The van der Waals surface area contributed by atoms with Crippen LogP contribution in [0.15, 0.2) is 35.4 Å². The van der Waals surface area contributed by atoms with Gasteiger partial charge in [-0.3, -0.25) is 4.72 Å². The highest BCUT2D eigenvalue weighted by Crippen LogP contribution is 2.32. The van der Waals surface area contributed by atoms with E-state index in [2.05, 4.69) is 4.98 Å². The number of aromatic nitrogens is 1. The van der Waals surface area contributed by atoms with Gasteiger partial charge in [0.25, 0.3) is 10.0 Å². The Labute approximate surface area is 157 Å². The van der Waals surface area contributed by atoms with E-state index in [0.717, 1.165) is 29.7 Å². The third-order valence-corrected chi connectivity index (χ3v) is 6.26. The summed E-state index contributed by atoms with van der Waals surface area (Å²) >= 11 is 1.09. The van der Waals surface area contributed by atoms with Crippen LogP contribution in [-0.2, 0) is 14.8 Å². The maximum absolute atomic E-state index is 13.8. The number of hydrogen-bond donors (Lipinski definition) is 1. The SMILES string of the molecule is CCOC(=O)c1sc2ncc(S(=O)(=O)Nc3cccc(F)c3F)cc2c1C. The van der Waals surface area contributed by atoms with Gasteiger partial charge in [-0.15, -0.1) is 11.3 Å². The van der Waals surface area contributed by atoms with Crippen LogP contribution in [0.2, 0.25) is 0 Å². The van der Waals surface area contributed by atoms with Gasteiger partial charge in [0, 0.05) is 11.6 Å². The number of halogens is 2. The van der Waals surface area contributed by atoms with Gasteiger partial charge in [-0.25, -0.2) is 27.0 Å². The molecule has 0 amide bonds. The number of hydrogen-bond acceptors (Lipinski definition) is 6. The fourth-order valence-electron chi connectivity index (χ4n) is 2.40. The lowest BCUT2D eigenvalue weighted by Crippen LogP contribution is -2.14. The smallest absolute Gasteiger partial charge is 0.348 e. The van der Waals surface area contributed by atoms with Crippen molar-refractivity contribution in [3.05, 3.63) is 52.5 Å². The molecule has 1 N–H and O–H groups in total. The Hall–Kier alpha value is -2.59. The summed E-state index contributed by atoms with van der Waals surface area (Å²) in [6.45, 7) is 3.55. The summed E-state index contributed by atoms with van der Waals surface area (Å²) in [5.41, 5.74) is 0.0271. The van der Waals surface area contributed by atoms with Gasteiger partial charge < -0.3 is 4.74 Å². The summed E-state index contributed by atoms with van der Waals surface area (Å²) in [5, 5.41) is 0.464. The second-order valence-electron chi connectivity index (χ2n) is 5.51. The topological polar surface area (TPSA) is 85.4 Å². The molecule has 3 aromatic rings. The molecule has 27 heavy (non-hydrogen) atoms. The number of fused-ring (bicyclic) bond motifs is 1. The van der Waals surface area contributed by atoms with Crippen LogP contribution in [-0.4, -0.2) is 26.0 Å². The Balaban J connectivity index is 2.02. The molecular weight excluding hydrogens is 398 g/mol. The Kier molecular flexibility index (Phi) is 5.11. The Morgan fingerprint density at radius 2 is 2.07 bits per heavy atom. The quantitative estimate of drug-likeness (QED) is 0.643. The maximum Gasteiger partial charge on any atom is 0.348 e. The van der Waals surface area contributed by atoms with Crippen molar-refractivity contribution in [3.63, 3.8) is 0 Å². The standard InChI is InChI=1S/C17H14F2N2O4S2/c1-3-25-17(22)15-9(2)11-7-10(8-20-16(11)26-15)27(23,24)21-13-6-4-5-12(18)14(13)19/h4-8,21H,3H2,1-2H3. The fraction of sp³-hybridized carbons (Fsp3) is 0.176. The number of benzene rings is 1. The molecule has 0 radical (unpaired) electrons. The van der Waals surface area contributed by atoms with Crippen molar-refractivity contribution in [1.29, 1.82) is 0 Å². The predicted octanol–water partition coefficient (Wildman–Crippen LogP) is 3.86. The molecule has 1 aromatic carbocycles. The minimum atomic E-state index is -4.21. The van der Waals surface area contributed by atoms with E-state index in [9.17, 15) is 22.0 Å². The molecular formula is C17H14F2N2O4S2. The molecule has 0 aliphatic carbocycles. The number of esters is 1. The van der Waals surface area contributed by atoms with E-state index >= 15 is 0 Å². The number of nitrogens with zero attached hydrogens (tertiary/aromatic N) is 1. The van der Waals surface area contributed by atoms with Crippen LogP contribution in [0.3, 0.4) is 0 Å². The molecule has 3 rings (SSSR count). The number of sulfonamides is 1. The summed E-state index contributed by atoms with van der Waals surface area (Å²) in [5.74, 6) is -2.98. The molecule has 6 nitrogen and oxygen atoms in total. The lowest BCUT2D eigenvalue weighted by molar-refractivity contribution is 0.0531. The number of thiophene rings is 1. The lowest BCUT2D eigenvalue weighted by Gasteiger charge is -2.09.